The number of likely N-dealkylation sites (N-methyl/N-ethyl adjacent to an activating group) is 1. The third kappa shape index (κ3) is 7.59. The van der Waals surface area contributed by atoms with Crippen molar-refractivity contribution in [2.75, 3.05) is 20.1 Å². The van der Waals surface area contributed by atoms with Crippen LogP contribution < -0.4 is 11.3 Å². The molecule has 0 unspecified atom stereocenters. The number of hydrazine groups is 1. The number of amides is 1. The van der Waals surface area contributed by atoms with E-state index in [9.17, 15) is 4.79 Å². The maximum atomic E-state index is 10.9. The minimum Gasteiger partial charge on any atom is -0.306 e. The Morgan fingerprint density at radius 2 is 1.89 bits per heavy atom. The number of nitrogens with one attached hydrogen (secondary N) is 1. The first-order chi connectivity index (χ1) is 9.22. The molecule has 0 aromatic heterocycles. The molecule has 1 aromatic carbocycles. The number of hydrogen-bond donors (Lipinski definition) is 2. The van der Waals surface area contributed by atoms with E-state index in [0.717, 1.165) is 38.8 Å². The molecule has 19 heavy (non-hydrogen) atoms. The van der Waals surface area contributed by atoms with E-state index in [1.165, 1.54) is 5.56 Å². The topological polar surface area (TPSA) is 58.4 Å². The molecular formula is C15H25N3O. The van der Waals surface area contributed by atoms with Gasteiger partial charge in [-0.15, -0.1) is 0 Å². The monoisotopic (exact) mass is 263 g/mol. The van der Waals surface area contributed by atoms with Gasteiger partial charge in [0.05, 0.1) is 0 Å². The van der Waals surface area contributed by atoms with Gasteiger partial charge in [0.2, 0.25) is 5.91 Å². The quantitative estimate of drug-likeness (QED) is 0.309. The Bertz CT molecular complexity index is 354. The summed E-state index contributed by atoms with van der Waals surface area (Å²) in [6.45, 7) is 2.16. The molecule has 4 nitrogen and oxygen atoms in total. The van der Waals surface area contributed by atoms with Gasteiger partial charge in [0.1, 0.15) is 0 Å². The minimum absolute atomic E-state index is 0.0718. The molecule has 0 radical (unpaired) electrons. The molecular weight excluding hydrogens is 238 g/mol. The van der Waals surface area contributed by atoms with Crippen LogP contribution in [-0.4, -0.2) is 30.9 Å². The number of unbranched alkanes of at least 4 members (excludes halogenated alkanes) is 2. The number of benzene rings is 1. The Kier molecular flexibility index (Phi) is 7.86. The second kappa shape index (κ2) is 9.53. The average Bonchev–Trinajstić information content (AvgIpc) is 2.45. The molecule has 1 aromatic rings. The van der Waals surface area contributed by atoms with Gasteiger partial charge in [-0.3, -0.25) is 10.2 Å². The first-order valence-corrected chi connectivity index (χ1v) is 6.94. The lowest BCUT2D eigenvalue weighted by Crippen LogP contribution is -2.29. The Morgan fingerprint density at radius 3 is 2.58 bits per heavy atom. The fourth-order valence-corrected chi connectivity index (χ4v) is 1.99. The van der Waals surface area contributed by atoms with E-state index in [1.807, 2.05) is 6.07 Å². The summed E-state index contributed by atoms with van der Waals surface area (Å²) in [5, 5.41) is 0. The summed E-state index contributed by atoms with van der Waals surface area (Å²) in [5.74, 6) is 4.95. The van der Waals surface area contributed by atoms with Gasteiger partial charge in [0.25, 0.3) is 0 Å². The molecule has 106 valence electrons. The van der Waals surface area contributed by atoms with E-state index in [4.69, 9.17) is 5.84 Å². The lowest BCUT2D eigenvalue weighted by atomic mass is 10.1. The Hall–Kier alpha value is -1.39. The van der Waals surface area contributed by atoms with Crippen molar-refractivity contribution in [2.45, 2.75) is 32.1 Å². The van der Waals surface area contributed by atoms with Crippen molar-refractivity contribution in [1.29, 1.82) is 0 Å². The molecule has 0 aliphatic rings. The number of nitrogens with zero attached hydrogens (tertiary/aromatic N) is 1. The van der Waals surface area contributed by atoms with E-state index < -0.39 is 0 Å². The van der Waals surface area contributed by atoms with Crippen LogP contribution in [0.15, 0.2) is 30.3 Å². The highest BCUT2D eigenvalue weighted by atomic mass is 16.2. The maximum absolute atomic E-state index is 10.9. The Balaban J connectivity index is 2.02. The van der Waals surface area contributed by atoms with Crippen molar-refractivity contribution in [3.8, 4) is 0 Å². The third-order valence-corrected chi connectivity index (χ3v) is 3.23. The summed E-state index contributed by atoms with van der Waals surface area (Å²) in [4.78, 5) is 13.3. The van der Waals surface area contributed by atoms with Crippen molar-refractivity contribution in [3.05, 3.63) is 35.9 Å². The largest absolute Gasteiger partial charge is 0.306 e. The summed E-state index contributed by atoms with van der Waals surface area (Å²) >= 11 is 0. The van der Waals surface area contributed by atoms with Gasteiger partial charge in [-0.25, -0.2) is 5.84 Å². The smallest absolute Gasteiger partial charge is 0.233 e. The second-order valence-corrected chi connectivity index (χ2v) is 4.92. The first-order valence-electron chi connectivity index (χ1n) is 6.94. The van der Waals surface area contributed by atoms with Gasteiger partial charge in [-0.2, -0.15) is 0 Å². The van der Waals surface area contributed by atoms with Gasteiger partial charge in [0, 0.05) is 13.0 Å². The SMILES string of the molecule is CN(CCCCCC(=O)NN)CCc1ccccc1. The van der Waals surface area contributed by atoms with Gasteiger partial charge in [-0.1, -0.05) is 36.8 Å². The van der Waals surface area contributed by atoms with Crippen molar-refractivity contribution < 1.29 is 4.79 Å². The summed E-state index contributed by atoms with van der Waals surface area (Å²) in [5.41, 5.74) is 3.54. The van der Waals surface area contributed by atoms with Crippen LogP contribution in [0.1, 0.15) is 31.2 Å². The predicted octanol–water partition coefficient (Wildman–Crippen LogP) is 1.71. The molecule has 1 rings (SSSR count). The van der Waals surface area contributed by atoms with Crippen LogP contribution in [0.4, 0.5) is 0 Å². The summed E-state index contributed by atoms with van der Waals surface area (Å²) in [6.07, 6.45) is 4.74. The molecule has 0 aliphatic heterocycles. The number of carbonyl (C=O) groups excluding carboxylic acids is 1. The van der Waals surface area contributed by atoms with Crippen LogP contribution in [-0.2, 0) is 11.2 Å². The number of rotatable bonds is 9. The van der Waals surface area contributed by atoms with E-state index in [-0.39, 0.29) is 5.91 Å². The zero-order valence-electron chi connectivity index (χ0n) is 11.8. The standard InChI is InChI=1S/C15H25N3O/c1-18(12-7-3-6-10-15(19)17-16)13-11-14-8-4-2-5-9-14/h2,4-5,8-9H,3,6-7,10-13,16H2,1H3,(H,17,19). The molecule has 3 N–H and O–H groups in total. The van der Waals surface area contributed by atoms with Gasteiger partial charge in [0.15, 0.2) is 0 Å². The molecule has 4 heteroatoms. The number of carbonyl (C=O) groups is 1. The fraction of sp³-hybridized carbons (Fsp3) is 0.533. The summed E-state index contributed by atoms with van der Waals surface area (Å²) in [6, 6.07) is 10.5. The second-order valence-electron chi connectivity index (χ2n) is 4.92. The van der Waals surface area contributed by atoms with Gasteiger partial charge in [-0.05, 0) is 38.4 Å². The van der Waals surface area contributed by atoms with E-state index in [2.05, 4.69) is 41.6 Å². The maximum Gasteiger partial charge on any atom is 0.233 e. The highest BCUT2D eigenvalue weighted by Crippen LogP contribution is 2.03. The lowest BCUT2D eigenvalue weighted by molar-refractivity contribution is -0.121. The molecule has 0 heterocycles. The van der Waals surface area contributed by atoms with Crippen molar-refractivity contribution in [3.63, 3.8) is 0 Å². The van der Waals surface area contributed by atoms with Crippen LogP contribution in [0.3, 0.4) is 0 Å². The molecule has 1 amide bonds. The van der Waals surface area contributed by atoms with Crippen LogP contribution in [0.2, 0.25) is 0 Å². The molecule has 0 atom stereocenters. The van der Waals surface area contributed by atoms with E-state index >= 15 is 0 Å². The van der Waals surface area contributed by atoms with Crippen LogP contribution >= 0.6 is 0 Å². The van der Waals surface area contributed by atoms with Crippen molar-refractivity contribution in [1.82, 2.24) is 10.3 Å². The van der Waals surface area contributed by atoms with Crippen molar-refractivity contribution in [2.24, 2.45) is 5.84 Å². The third-order valence-electron chi connectivity index (χ3n) is 3.23. The predicted molar refractivity (Wildman–Crippen MR) is 78.4 cm³/mol. The Labute approximate surface area is 115 Å². The summed E-state index contributed by atoms with van der Waals surface area (Å²) < 4.78 is 0. The molecule has 0 saturated carbocycles. The van der Waals surface area contributed by atoms with Crippen LogP contribution in [0.5, 0.6) is 0 Å². The van der Waals surface area contributed by atoms with E-state index in [1.54, 1.807) is 0 Å². The zero-order chi connectivity index (χ0) is 13.9. The zero-order valence-corrected chi connectivity index (χ0v) is 11.8. The molecule has 0 fully saturated rings. The molecule has 0 saturated heterocycles. The van der Waals surface area contributed by atoms with Gasteiger partial charge < -0.3 is 4.90 Å². The highest BCUT2D eigenvalue weighted by molar-refractivity contribution is 5.74. The first kappa shape index (κ1) is 15.7. The van der Waals surface area contributed by atoms with Crippen molar-refractivity contribution >= 4 is 5.91 Å². The van der Waals surface area contributed by atoms with E-state index in [0.29, 0.717) is 6.42 Å². The lowest BCUT2D eigenvalue weighted by Gasteiger charge is -2.16. The van der Waals surface area contributed by atoms with Gasteiger partial charge >= 0.3 is 0 Å². The number of hydrogen-bond acceptors (Lipinski definition) is 3. The molecule has 0 bridgehead atoms. The minimum atomic E-state index is -0.0718. The van der Waals surface area contributed by atoms with Crippen LogP contribution in [0, 0.1) is 0 Å². The molecule has 0 aliphatic carbocycles. The molecule has 0 spiro atoms. The highest BCUT2D eigenvalue weighted by Gasteiger charge is 2.01. The number of nitrogens with two attached hydrogens (primary N) is 1. The van der Waals surface area contributed by atoms with Crippen LogP contribution in [0.25, 0.3) is 0 Å². The normalized spacial score (nSPS) is 10.7. The summed E-state index contributed by atoms with van der Waals surface area (Å²) in [7, 11) is 2.15. The fourth-order valence-electron chi connectivity index (χ4n) is 1.99. The average molecular weight is 263 g/mol. The Morgan fingerprint density at radius 1 is 1.16 bits per heavy atom.